The lowest BCUT2D eigenvalue weighted by Gasteiger charge is -2.24. The van der Waals surface area contributed by atoms with E-state index in [4.69, 9.17) is 0 Å². The van der Waals surface area contributed by atoms with Crippen molar-refractivity contribution in [2.75, 3.05) is 13.6 Å². The Morgan fingerprint density at radius 1 is 1.33 bits per heavy atom. The van der Waals surface area contributed by atoms with Crippen LogP contribution < -0.4 is 0 Å². The molecule has 2 unspecified atom stereocenters. The summed E-state index contributed by atoms with van der Waals surface area (Å²) in [5, 5.41) is 10.9. The number of nitrogens with zero attached hydrogens (tertiary/aromatic N) is 2. The van der Waals surface area contributed by atoms with Gasteiger partial charge in [0.05, 0.1) is 17.2 Å². The SMILES string of the molecule is CC(C)c1cc(C(=O)N(C)CC2CCCC2O)c2ccccc2n1. The fraction of sp³-hybridized carbons (Fsp3) is 0.500. The number of aliphatic hydroxyl groups is 1. The molecule has 1 amide bonds. The highest BCUT2D eigenvalue weighted by Gasteiger charge is 2.28. The molecule has 3 rings (SSSR count). The first-order chi connectivity index (χ1) is 11.5. The van der Waals surface area contributed by atoms with Crippen molar-refractivity contribution in [2.45, 2.75) is 45.1 Å². The van der Waals surface area contributed by atoms with Gasteiger partial charge in [0.1, 0.15) is 0 Å². The predicted octanol–water partition coefficient (Wildman–Crippen LogP) is 3.59. The smallest absolute Gasteiger partial charge is 0.254 e. The molecule has 1 aromatic heterocycles. The van der Waals surface area contributed by atoms with E-state index in [1.165, 1.54) is 0 Å². The van der Waals surface area contributed by atoms with E-state index in [2.05, 4.69) is 18.8 Å². The Balaban J connectivity index is 1.93. The maximum absolute atomic E-state index is 13.0. The van der Waals surface area contributed by atoms with E-state index in [0.29, 0.717) is 12.1 Å². The highest BCUT2D eigenvalue weighted by Crippen LogP contribution is 2.28. The molecule has 4 heteroatoms. The van der Waals surface area contributed by atoms with Gasteiger partial charge in [0.25, 0.3) is 5.91 Å². The molecule has 1 N–H and O–H groups in total. The first-order valence-corrected chi connectivity index (χ1v) is 8.80. The van der Waals surface area contributed by atoms with Crippen molar-refractivity contribution in [3.05, 3.63) is 41.6 Å². The minimum Gasteiger partial charge on any atom is -0.393 e. The fourth-order valence-electron chi connectivity index (χ4n) is 3.54. The number of hydrogen-bond donors (Lipinski definition) is 1. The molecule has 1 aromatic carbocycles. The average Bonchev–Trinajstić information content (AvgIpc) is 2.97. The topological polar surface area (TPSA) is 53.4 Å². The molecule has 4 nitrogen and oxygen atoms in total. The van der Waals surface area contributed by atoms with E-state index in [1.807, 2.05) is 37.4 Å². The summed E-state index contributed by atoms with van der Waals surface area (Å²) in [6.07, 6.45) is 2.61. The Morgan fingerprint density at radius 2 is 2.08 bits per heavy atom. The zero-order valence-corrected chi connectivity index (χ0v) is 14.7. The Bertz CT molecular complexity index is 741. The van der Waals surface area contributed by atoms with Gasteiger partial charge < -0.3 is 10.0 Å². The molecular formula is C20H26N2O2. The Kier molecular flexibility index (Phi) is 4.86. The van der Waals surface area contributed by atoms with Gasteiger partial charge in [-0.15, -0.1) is 0 Å². The summed E-state index contributed by atoms with van der Waals surface area (Å²) in [5.41, 5.74) is 2.51. The molecule has 128 valence electrons. The maximum atomic E-state index is 13.0. The number of aliphatic hydroxyl groups excluding tert-OH is 1. The van der Waals surface area contributed by atoms with Gasteiger partial charge in [-0.2, -0.15) is 0 Å². The number of para-hydroxylation sites is 1. The maximum Gasteiger partial charge on any atom is 0.254 e. The number of fused-ring (bicyclic) bond motifs is 1. The van der Waals surface area contributed by atoms with Crippen molar-refractivity contribution in [3.63, 3.8) is 0 Å². The number of carbonyl (C=O) groups is 1. The summed E-state index contributed by atoms with van der Waals surface area (Å²) in [6, 6.07) is 9.73. The molecule has 1 aliphatic carbocycles. The zero-order chi connectivity index (χ0) is 17.3. The lowest BCUT2D eigenvalue weighted by molar-refractivity contribution is 0.0695. The fourth-order valence-corrected chi connectivity index (χ4v) is 3.54. The van der Waals surface area contributed by atoms with Crippen LogP contribution in [0.2, 0.25) is 0 Å². The van der Waals surface area contributed by atoms with Crippen molar-refractivity contribution in [3.8, 4) is 0 Å². The molecule has 1 aliphatic rings. The third-order valence-electron chi connectivity index (χ3n) is 5.03. The van der Waals surface area contributed by atoms with Gasteiger partial charge in [0, 0.05) is 30.6 Å². The van der Waals surface area contributed by atoms with Crippen LogP contribution in [0.15, 0.2) is 30.3 Å². The van der Waals surface area contributed by atoms with E-state index in [-0.39, 0.29) is 23.8 Å². The van der Waals surface area contributed by atoms with Gasteiger partial charge in [-0.1, -0.05) is 38.5 Å². The average molecular weight is 326 g/mol. The summed E-state index contributed by atoms with van der Waals surface area (Å²) in [4.78, 5) is 19.5. The van der Waals surface area contributed by atoms with Crippen LogP contribution in [0.25, 0.3) is 10.9 Å². The molecule has 0 radical (unpaired) electrons. The second-order valence-corrected chi connectivity index (χ2v) is 7.21. The Labute approximate surface area is 143 Å². The Hall–Kier alpha value is -1.94. The summed E-state index contributed by atoms with van der Waals surface area (Å²) in [6.45, 7) is 4.78. The highest BCUT2D eigenvalue weighted by molar-refractivity contribution is 6.06. The van der Waals surface area contributed by atoms with Gasteiger partial charge >= 0.3 is 0 Å². The second kappa shape index (κ2) is 6.89. The van der Waals surface area contributed by atoms with Crippen molar-refractivity contribution in [1.29, 1.82) is 0 Å². The first kappa shape index (κ1) is 16.9. The number of amides is 1. The lowest BCUT2D eigenvalue weighted by atomic mass is 10.0. The normalized spacial score (nSPS) is 20.7. The van der Waals surface area contributed by atoms with E-state index in [9.17, 15) is 9.90 Å². The minimum atomic E-state index is -0.277. The van der Waals surface area contributed by atoms with Crippen molar-refractivity contribution in [1.82, 2.24) is 9.88 Å². The van der Waals surface area contributed by atoms with Crippen molar-refractivity contribution < 1.29 is 9.90 Å². The minimum absolute atomic E-state index is 0.00889. The van der Waals surface area contributed by atoms with E-state index in [1.54, 1.807) is 4.90 Å². The van der Waals surface area contributed by atoms with Crippen LogP contribution in [-0.4, -0.2) is 40.6 Å². The van der Waals surface area contributed by atoms with E-state index < -0.39 is 0 Å². The van der Waals surface area contributed by atoms with Gasteiger partial charge in [0.15, 0.2) is 0 Å². The molecule has 0 spiro atoms. The third kappa shape index (κ3) is 3.29. The molecule has 0 aliphatic heterocycles. The number of aromatic nitrogens is 1. The van der Waals surface area contributed by atoms with Gasteiger partial charge in [0.2, 0.25) is 0 Å². The third-order valence-corrected chi connectivity index (χ3v) is 5.03. The molecule has 1 heterocycles. The van der Waals surface area contributed by atoms with Crippen molar-refractivity contribution in [2.24, 2.45) is 5.92 Å². The van der Waals surface area contributed by atoms with Crippen LogP contribution in [0.3, 0.4) is 0 Å². The van der Waals surface area contributed by atoms with Crippen molar-refractivity contribution >= 4 is 16.8 Å². The quantitative estimate of drug-likeness (QED) is 0.934. The highest BCUT2D eigenvalue weighted by atomic mass is 16.3. The number of carbonyl (C=O) groups excluding carboxylic acids is 1. The molecule has 2 atom stereocenters. The zero-order valence-electron chi connectivity index (χ0n) is 14.7. The second-order valence-electron chi connectivity index (χ2n) is 7.21. The number of pyridine rings is 1. The number of hydrogen-bond acceptors (Lipinski definition) is 3. The van der Waals surface area contributed by atoms with E-state index >= 15 is 0 Å². The van der Waals surface area contributed by atoms with Gasteiger partial charge in [-0.25, -0.2) is 0 Å². The molecule has 0 bridgehead atoms. The van der Waals surface area contributed by atoms with Gasteiger partial charge in [-0.3, -0.25) is 9.78 Å². The number of rotatable bonds is 4. The molecule has 0 saturated heterocycles. The van der Waals surface area contributed by atoms with Crippen LogP contribution in [-0.2, 0) is 0 Å². The van der Waals surface area contributed by atoms with E-state index in [0.717, 1.165) is 35.9 Å². The van der Waals surface area contributed by atoms with Crippen LogP contribution in [0, 0.1) is 5.92 Å². The lowest BCUT2D eigenvalue weighted by Crippen LogP contribution is -2.34. The summed E-state index contributed by atoms with van der Waals surface area (Å²) in [5.74, 6) is 0.467. The molecular weight excluding hydrogens is 300 g/mol. The molecule has 1 saturated carbocycles. The summed E-state index contributed by atoms with van der Waals surface area (Å²) >= 11 is 0. The standard InChI is InChI=1S/C20H26N2O2/c1-13(2)18-11-16(15-8-4-5-9-17(15)21-18)20(24)22(3)12-14-7-6-10-19(14)23/h4-5,8-9,11,13-14,19,23H,6-7,10,12H2,1-3H3. The number of benzene rings is 1. The monoisotopic (exact) mass is 326 g/mol. The largest absolute Gasteiger partial charge is 0.393 e. The Morgan fingerprint density at radius 3 is 2.75 bits per heavy atom. The van der Waals surface area contributed by atoms with Crippen LogP contribution in [0.4, 0.5) is 0 Å². The summed E-state index contributed by atoms with van der Waals surface area (Å²) in [7, 11) is 1.83. The first-order valence-electron chi connectivity index (χ1n) is 8.80. The van der Waals surface area contributed by atoms with Gasteiger partial charge in [-0.05, 0) is 30.9 Å². The van der Waals surface area contributed by atoms with Crippen LogP contribution in [0.1, 0.15) is 55.1 Å². The van der Waals surface area contributed by atoms with Crippen LogP contribution in [0.5, 0.6) is 0 Å². The molecule has 1 fully saturated rings. The molecule has 24 heavy (non-hydrogen) atoms. The predicted molar refractivity (Wildman–Crippen MR) is 96.1 cm³/mol. The molecule has 2 aromatic rings. The van der Waals surface area contributed by atoms with Crippen LogP contribution >= 0.6 is 0 Å². The summed E-state index contributed by atoms with van der Waals surface area (Å²) < 4.78 is 0.